The van der Waals surface area contributed by atoms with Crippen LogP contribution in [0.25, 0.3) is 0 Å². The summed E-state index contributed by atoms with van der Waals surface area (Å²) in [5, 5.41) is 0. The monoisotopic (exact) mass is 208 g/mol. The Labute approximate surface area is 90.0 Å². The van der Waals surface area contributed by atoms with Crippen molar-refractivity contribution in [2.75, 3.05) is 6.61 Å². The predicted octanol–water partition coefficient (Wildman–Crippen LogP) is 2.31. The first-order valence-electron chi connectivity index (χ1n) is 5.27. The number of rotatable bonds is 3. The van der Waals surface area contributed by atoms with Gasteiger partial charge in [0.2, 0.25) is 0 Å². The summed E-state index contributed by atoms with van der Waals surface area (Å²) >= 11 is 0. The Kier molecular flexibility index (Phi) is 3.72. The Bertz CT molecular complexity index is 286. The van der Waals surface area contributed by atoms with Crippen molar-refractivity contribution in [3.63, 3.8) is 0 Å². The van der Waals surface area contributed by atoms with Crippen molar-refractivity contribution < 1.29 is 14.2 Å². The third kappa shape index (κ3) is 3.30. The van der Waals surface area contributed by atoms with Crippen LogP contribution in [0.3, 0.4) is 0 Å². The van der Waals surface area contributed by atoms with Gasteiger partial charge in [-0.15, -0.1) is 0 Å². The minimum Gasteiger partial charge on any atom is -0.330 e. The van der Waals surface area contributed by atoms with E-state index in [1.165, 1.54) is 0 Å². The van der Waals surface area contributed by atoms with Gasteiger partial charge in [0, 0.05) is 0 Å². The van der Waals surface area contributed by atoms with E-state index in [4.69, 9.17) is 14.2 Å². The molecule has 1 heterocycles. The molecule has 0 aliphatic carbocycles. The third-order valence-corrected chi connectivity index (χ3v) is 2.35. The van der Waals surface area contributed by atoms with Crippen LogP contribution < -0.4 is 0 Å². The highest BCUT2D eigenvalue weighted by atomic mass is 16.8. The quantitative estimate of drug-likeness (QED) is 0.763. The second kappa shape index (κ2) is 5.26. The first-order chi connectivity index (χ1) is 7.34. The molecule has 0 N–H and O–H groups in total. The Morgan fingerprint density at radius 3 is 2.87 bits per heavy atom. The molecule has 0 bridgehead atoms. The van der Waals surface area contributed by atoms with Gasteiger partial charge in [0.05, 0.1) is 19.3 Å². The molecule has 0 radical (unpaired) electrons. The molecule has 1 aromatic rings. The molecule has 3 heteroatoms. The number of hydrogen-bond acceptors (Lipinski definition) is 3. The van der Waals surface area contributed by atoms with E-state index in [1.807, 2.05) is 37.3 Å². The van der Waals surface area contributed by atoms with Crippen molar-refractivity contribution in [1.29, 1.82) is 0 Å². The lowest BCUT2D eigenvalue weighted by atomic mass is 10.2. The number of hydrogen-bond donors (Lipinski definition) is 0. The van der Waals surface area contributed by atoms with Gasteiger partial charge in [-0.2, -0.15) is 0 Å². The smallest absolute Gasteiger partial charge is 0.272 e. The van der Waals surface area contributed by atoms with Crippen LogP contribution in [0.4, 0.5) is 0 Å². The molecular weight excluding hydrogens is 192 g/mol. The Hall–Kier alpha value is -0.900. The summed E-state index contributed by atoms with van der Waals surface area (Å²) in [7, 11) is 0. The first-order valence-corrected chi connectivity index (χ1v) is 5.27. The molecule has 2 rings (SSSR count). The van der Waals surface area contributed by atoms with Crippen LogP contribution in [0.2, 0.25) is 0 Å². The highest BCUT2D eigenvalue weighted by Crippen LogP contribution is 2.14. The van der Waals surface area contributed by atoms with E-state index in [1.54, 1.807) is 0 Å². The zero-order valence-electron chi connectivity index (χ0n) is 8.89. The lowest BCUT2D eigenvalue weighted by molar-refractivity contribution is -0.332. The molecule has 1 aliphatic rings. The molecule has 3 nitrogen and oxygen atoms in total. The summed E-state index contributed by atoms with van der Waals surface area (Å²) in [6.07, 6.45) is 1.16. The molecule has 2 atom stereocenters. The fourth-order valence-electron chi connectivity index (χ4n) is 1.45. The van der Waals surface area contributed by atoms with Gasteiger partial charge in [-0.3, -0.25) is 0 Å². The van der Waals surface area contributed by atoms with Crippen LogP contribution in [-0.2, 0) is 20.8 Å². The van der Waals surface area contributed by atoms with Gasteiger partial charge in [-0.1, -0.05) is 30.3 Å². The van der Waals surface area contributed by atoms with Crippen LogP contribution in [0.15, 0.2) is 30.3 Å². The Balaban J connectivity index is 1.78. The summed E-state index contributed by atoms with van der Waals surface area (Å²) < 4.78 is 16.3. The minimum absolute atomic E-state index is 0.222. The van der Waals surface area contributed by atoms with Crippen molar-refractivity contribution in [3.05, 3.63) is 35.9 Å². The van der Waals surface area contributed by atoms with Crippen LogP contribution >= 0.6 is 0 Å². The standard InChI is InChI=1S/C12H16O3/c1-10-7-8-13-12(15-10)14-9-11-5-3-2-4-6-11/h2-6,10,12H,7-9H2,1H3/t10-,12-/m0/s1. The molecule has 1 saturated heterocycles. The maximum absolute atomic E-state index is 5.49. The van der Waals surface area contributed by atoms with E-state index in [0.29, 0.717) is 13.2 Å². The molecule has 0 unspecified atom stereocenters. The van der Waals surface area contributed by atoms with Crippen LogP contribution in [0.5, 0.6) is 0 Å². The van der Waals surface area contributed by atoms with Gasteiger partial charge in [0.25, 0.3) is 6.48 Å². The van der Waals surface area contributed by atoms with Crippen LogP contribution in [0.1, 0.15) is 18.9 Å². The predicted molar refractivity (Wildman–Crippen MR) is 56.1 cm³/mol. The first kappa shape index (κ1) is 10.6. The van der Waals surface area contributed by atoms with Gasteiger partial charge in [-0.05, 0) is 18.9 Å². The van der Waals surface area contributed by atoms with Crippen molar-refractivity contribution in [1.82, 2.24) is 0 Å². The van der Waals surface area contributed by atoms with Crippen molar-refractivity contribution in [2.45, 2.75) is 32.5 Å². The average Bonchev–Trinajstić information content (AvgIpc) is 2.28. The average molecular weight is 208 g/mol. The van der Waals surface area contributed by atoms with Gasteiger partial charge in [0.15, 0.2) is 0 Å². The van der Waals surface area contributed by atoms with E-state index in [-0.39, 0.29) is 6.10 Å². The third-order valence-electron chi connectivity index (χ3n) is 2.35. The summed E-state index contributed by atoms with van der Waals surface area (Å²) in [5.74, 6) is 0. The van der Waals surface area contributed by atoms with Crippen molar-refractivity contribution >= 4 is 0 Å². The summed E-state index contributed by atoms with van der Waals surface area (Å²) in [6, 6.07) is 10.0. The van der Waals surface area contributed by atoms with E-state index < -0.39 is 6.48 Å². The van der Waals surface area contributed by atoms with Crippen molar-refractivity contribution in [3.8, 4) is 0 Å². The Morgan fingerprint density at radius 2 is 2.13 bits per heavy atom. The lowest BCUT2D eigenvalue weighted by Gasteiger charge is -2.27. The number of benzene rings is 1. The molecule has 1 fully saturated rings. The van der Waals surface area contributed by atoms with E-state index in [9.17, 15) is 0 Å². The van der Waals surface area contributed by atoms with Crippen LogP contribution in [0, 0.1) is 0 Å². The molecule has 0 saturated carbocycles. The van der Waals surface area contributed by atoms with Gasteiger partial charge >= 0.3 is 0 Å². The molecule has 82 valence electrons. The van der Waals surface area contributed by atoms with Crippen LogP contribution in [-0.4, -0.2) is 19.2 Å². The van der Waals surface area contributed by atoms with Gasteiger partial charge in [0.1, 0.15) is 0 Å². The maximum Gasteiger partial charge on any atom is 0.272 e. The fraction of sp³-hybridized carbons (Fsp3) is 0.500. The maximum atomic E-state index is 5.49. The zero-order valence-corrected chi connectivity index (χ0v) is 8.89. The zero-order chi connectivity index (χ0) is 10.5. The summed E-state index contributed by atoms with van der Waals surface area (Å²) in [6.45, 7) is 2.76. The Morgan fingerprint density at radius 1 is 1.33 bits per heavy atom. The molecule has 15 heavy (non-hydrogen) atoms. The highest BCUT2D eigenvalue weighted by Gasteiger charge is 2.19. The molecule has 1 aliphatic heterocycles. The summed E-state index contributed by atoms with van der Waals surface area (Å²) in [5.41, 5.74) is 1.13. The largest absolute Gasteiger partial charge is 0.330 e. The minimum atomic E-state index is -0.506. The van der Waals surface area contributed by atoms with Crippen molar-refractivity contribution in [2.24, 2.45) is 0 Å². The molecular formula is C12H16O3. The highest BCUT2D eigenvalue weighted by molar-refractivity contribution is 5.13. The number of ether oxygens (including phenoxy) is 3. The second-order valence-electron chi connectivity index (χ2n) is 3.69. The van der Waals surface area contributed by atoms with E-state index in [0.717, 1.165) is 12.0 Å². The molecule has 0 aromatic heterocycles. The summed E-state index contributed by atoms with van der Waals surface area (Å²) in [4.78, 5) is 0. The molecule has 0 amide bonds. The normalized spacial score (nSPS) is 26.5. The van der Waals surface area contributed by atoms with Gasteiger partial charge in [-0.25, -0.2) is 0 Å². The fourth-order valence-corrected chi connectivity index (χ4v) is 1.45. The van der Waals surface area contributed by atoms with Gasteiger partial charge < -0.3 is 14.2 Å². The van der Waals surface area contributed by atoms with E-state index in [2.05, 4.69) is 0 Å². The molecule has 1 aromatic carbocycles. The lowest BCUT2D eigenvalue weighted by Crippen LogP contribution is -2.32. The SMILES string of the molecule is C[C@H]1CCO[C@@H](OCc2ccccc2)O1. The van der Waals surface area contributed by atoms with E-state index >= 15 is 0 Å². The molecule has 0 spiro atoms. The topological polar surface area (TPSA) is 27.7 Å². The second-order valence-corrected chi connectivity index (χ2v) is 3.69.